The van der Waals surface area contributed by atoms with E-state index in [1.54, 1.807) is 12.3 Å². The van der Waals surface area contributed by atoms with Gasteiger partial charge in [0.1, 0.15) is 17.5 Å². The summed E-state index contributed by atoms with van der Waals surface area (Å²) in [5.41, 5.74) is 4.74. The molecule has 3 N–H and O–H groups in total. The Morgan fingerprint density at radius 3 is 2.56 bits per heavy atom. The van der Waals surface area contributed by atoms with E-state index in [2.05, 4.69) is 38.5 Å². The zero-order valence-electron chi connectivity index (χ0n) is 23.1. The van der Waals surface area contributed by atoms with E-state index in [-0.39, 0.29) is 24.4 Å². The van der Waals surface area contributed by atoms with Crippen LogP contribution < -0.4 is 15.5 Å². The number of piperidine rings is 1. The Balaban J connectivity index is 1.45. The summed E-state index contributed by atoms with van der Waals surface area (Å²) in [5.74, 6) is 1.21. The molecule has 0 spiro atoms. The number of pyridine rings is 2. The molecule has 0 bridgehead atoms. The van der Waals surface area contributed by atoms with Gasteiger partial charge in [0.05, 0.1) is 6.20 Å². The largest absolute Gasteiger partial charge is 0.396 e. The van der Waals surface area contributed by atoms with Crippen LogP contribution in [0.3, 0.4) is 0 Å². The van der Waals surface area contributed by atoms with Crippen molar-refractivity contribution in [2.24, 2.45) is 0 Å². The minimum absolute atomic E-state index is 0.0264. The first-order chi connectivity index (χ1) is 18.9. The van der Waals surface area contributed by atoms with Crippen molar-refractivity contribution in [1.82, 2.24) is 14.9 Å². The molecule has 9 heteroatoms. The molecule has 1 saturated heterocycles. The van der Waals surface area contributed by atoms with Gasteiger partial charge < -0.3 is 25.5 Å². The third-order valence-corrected chi connectivity index (χ3v) is 7.29. The highest BCUT2D eigenvalue weighted by Gasteiger charge is 2.25. The van der Waals surface area contributed by atoms with Crippen molar-refractivity contribution in [3.63, 3.8) is 0 Å². The molecule has 0 radical (unpaired) electrons. The lowest BCUT2D eigenvalue weighted by Gasteiger charge is -2.34. The fourth-order valence-corrected chi connectivity index (χ4v) is 5.27. The van der Waals surface area contributed by atoms with Crippen molar-refractivity contribution in [3.05, 3.63) is 76.9 Å². The maximum Gasteiger partial charge on any atom is 0.254 e. The summed E-state index contributed by atoms with van der Waals surface area (Å²) in [6, 6.07) is 11.2. The number of nitrogens with zero attached hydrogens (tertiary/aromatic N) is 4. The highest BCUT2D eigenvalue weighted by Crippen LogP contribution is 2.30. The quantitative estimate of drug-likeness (QED) is 0.332. The number of aliphatic hydroxyl groups excluding tert-OH is 1. The van der Waals surface area contributed by atoms with Crippen molar-refractivity contribution < 1.29 is 14.3 Å². The summed E-state index contributed by atoms with van der Waals surface area (Å²) in [6.07, 6.45) is 5.34. The predicted octanol–water partition coefficient (Wildman–Crippen LogP) is 4.56. The maximum atomic E-state index is 13.8. The fourth-order valence-electron chi connectivity index (χ4n) is 5.27. The number of rotatable bonds is 11. The summed E-state index contributed by atoms with van der Waals surface area (Å²) in [4.78, 5) is 26.3. The highest BCUT2D eigenvalue weighted by atomic mass is 19.1. The van der Waals surface area contributed by atoms with Gasteiger partial charge in [-0.15, -0.1) is 0 Å². The van der Waals surface area contributed by atoms with Crippen LogP contribution in [0.25, 0.3) is 0 Å². The van der Waals surface area contributed by atoms with Gasteiger partial charge in [0, 0.05) is 62.8 Å². The van der Waals surface area contributed by atoms with Crippen molar-refractivity contribution >= 4 is 23.2 Å². The van der Waals surface area contributed by atoms with Gasteiger partial charge in [-0.3, -0.25) is 4.79 Å². The standard InChI is InChI=1S/C30H39FN6O2/c1-21-19-22(2)29(35-25-10-15-36(16-11-25)27-9-8-24(31)20-34-27)23(3)28(21)30(39)37(14-6-18-38)17-13-33-26-7-4-5-12-32-26/h4-5,7-9,12,19-20,25,35,38H,6,10-11,13-18H2,1-3H3,(H,32,33). The SMILES string of the molecule is Cc1cc(C)c(C(=O)N(CCCO)CCNc2ccccn2)c(C)c1NC1CCN(c2ccc(F)cn2)CC1. The van der Waals surface area contributed by atoms with Crippen LogP contribution >= 0.6 is 0 Å². The van der Waals surface area contributed by atoms with Gasteiger partial charge in [-0.1, -0.05) is 12.1 Å². The van der Waals surface area contributed by atoms with Crippen molar-refractivity contribution in [3.8, 4) is 0 Å². The third-order valence-electron chi connectivity index (χ3n) is 7.29. The molecular formula is C30H39FN6O2. The lowest BCUT2D eigenvalue weighted by molar-refractivity contribution is 0.0750. The molecule has 39 heavy (non-hydrogen) atoms. The summed E-state index contributed by atoms with van der Waals surface area (Å²) < 4.78 is 13.3. The van der Waals surface area contributed by atoms with Crippen LogP contribution in [0.1, 0.15) is 46.3 Å². The topological polar surface area (TPSA) is 93.6 Å². The molecule has 1 aliphatic heterocycles. The molecule has 0 unspecified atom stereocenters. The zero-order valence-corrected chi connectivity index (χ0v) is 23.1. The van der Waals surface area contributed by atoms with E-state index in [9.17, 15) is 14.3 Å². The number of benzene rings is 1. The summed E-state index contributed by atoms with van der Waals surface area (Å²) in [7, 11) is 0. The molecule has 2 aromatic heterocycles. The third kappa shape index (κ3) is 7.23. The lowest BCUT2D eigenvalue weighted by atomic mass is 9.94. The van der Waals surface area contributed by atoms with Crippen molar-refractivity contribution in [2.75, 3.05) is 54.9 Å². The van der Waals surface area contributed by atoms with Crippen molar-refractivity contribution in [1.29, 1.82) is 0 Å². The second-order valence-electron chi connectivity index (χ2n) is 10.1. The van der Waals surface area contributed by atoms with E-state index < -0.39 is 0 Å². The number of hydrogen-bond acceptors (Lipinski definition) is 7. The minimum Gasteiger partial charge on any atom is -0.396 e. The number of carbonyl (C=O) groups is 1. The second-order valence-corrected chi connectivity index (χ2v) is 10.1. The van der Waals surface area contributed by atoms with Crippen LogP contribution in [0, 0.1) is 26.6 Å². The molecule has 1 amide bonds. The Hall–Kier alpha value is -3.72. The molecule has 3 aromatic rings. The molecular weight excluding hydrogens is 495 g/mol. The Kier molecular flexibility index (Phi) is 9.70. The first kappa shape index (κ1) is 28.3. The number of aromatic nitrogens is 2. The fraction of sp³-hybridized carbons (Fsp3) is 0.433. The maximum absolute atomic E-state index is 13.8. The Morgan fingerprint density at radius 1 is 1.10 bits per heavy atom. The number of aliphatic hydroxyl groups is 1. The number of hydrogen-bond donors (Lipinski definition) is 3. The van der Waals surface area contributed by atoms with Gasteiger partial charge in [-0.05, 0) is 81.0 Å². The second kappa shape index (κ2) is 13.4. The monoisotopic (exact) mass is 534 g/mol. The molecule has 4 rings (SSSR count). The summed E-state index contributed by atoms with van der Waals surface area (Å²) in [5, 5.41) is 16.5. The number of halogens is 1. The van der Waals surface area contributed by atoms with E-state index in [4.69, 9.17) is 0 Å². The Morgan fingerprint density at radius 2 is 1.90 bits per heavy atom. The van der Waals surface area contributed by atoms with Gasteiger partial charge in [0.25, 0.3) is 5.91 Å². The van der Waals surface area contributed by atoms with Gasteiger partial charge in [-0.25, -0.2) is 14.4 Å². The minimum atomic E-state index is -0.328. The molecule has 1 aliphatic rings. The predicted molar refractivity (Wildman–Crippen MR) is 154 cm³/mol. The lowest BCUT2D eigenvalue weighted by Crippen LogP contribution is -2.40. The first-order valence-corrected chi connectivity index (χ1v) is 13.7. The van der Waals surface area contributed by atoms with Crippen LogP contribution in [0.4, 0.5) is 21.7 Å². The van der Waals surface area contributed by atoms with Crippen LogP contribution in [-0.2, 0) is 0 Å². The molecule has 1 fully saturated rings. The summed E-state index contributed by atoms with van der Waals surface area (Å²) >= 11 is 0. The summed E-state index contributed by atoms with van der Waals surface area (Å²) in [6.45, 7) is 9.30. The number of aryl methyl sites for hydroxylation is 2. The molecule has 208 valence electrons. The van der Waals surface area contributed by atoms with Crippen LogP contribution in [0.15, 0.2) is 48.8 Å². The zero-order chi connectivity index (χ0) is 27.8. The average Bonchev–Trinajstić information content (AvgIpc) is 2.94. The molecule has 0 saturated carbocycles. The molecule has 1 aromatic carbocycles. The van der Waals surface area contributed by atoms with E-state index >= 15 is 0 Å². The average molecular weight is 535 g/mol. The Labute approximate surface area is 230 Å². The molecule has 3 heterocycles. The molecule has 8 nitrogen and oxygen atoms in total. The van der Waals surface area contributed by atoms with Crippen LogP contribution in [0.2, 0.25) is 0 Å². The van der Waals surface area contributed by atoms with Gasteiger partial charge in [0.15, 0.2) is 0 Å². The van der Waals surface area contributed by atoms with Crippen LogP contribution in [-0.4, -0.2) is 71.3 Å². The first-order valence-electron chi connectivity index (χ1n) is 13.7. The molecule has 0 aliphatic carbocycles. The highest BCUT2D eigenvalue weighted by molar-refractivity contribution is 5.99. The number of carbonyl (C=O) groups excluding carboxylic acids is 1. The number of anilines is 3. The van der Waals surface area contributed by atoms with Gasteiger partial charge in [0.2, 0.25) is 0 Å². The number of amides is 1. The van der Waals surface area contributed by atoms with Crippen molar-refractivity contribution in [2.45, 2.75) is 46.1 Å². The normalized spacial score (nSPS) is 13.8. The Bertz CT molecular complexity index is 1230. The molecule has 0 atom stereocenters. The van der Waals surface area contributed by atoms with E-state index in [0.717, 1.165) is 59.9 Å². The van der Waals surface area contributed by atoms with E-state index in [0.29, 0.717) is 31.6 Å². The van der Waals surface area contributed by atoms with E-state index in [1.165, 1.54) is 12.3 Å². The number of nitrogens with one attached hydrogen (secondary N) is 2. The van der Waals surface area contributed by atoms with Gasteiger partial charge >= 0.3 is 0 Å². The van der Waals surface area contributed by atoms with Gasteiger partial charge in [-0.2, -0.15) is 0 Å². The van der Waals surface area contributed by atoms with Crippen LogP contribution in [0.5, 0.6) is 0 Å². The smallest absolute Gasteiger partial charge is 0.254 e. The van der Waals surface area contributed by atoms with E-state index in [1.807, 2.05) is 36.9 Å².